The predicted octanol–water partition coefficient (Wildman–Crippen LogP) is 2.54. The Morgan fingerprint density at radius 1 is 1.03 bits per heavy atom. The second kappa shape index (κ2) is 8.79. The van der Waals surface area contributed by atoms with Crippen LogP contribution in [0.4, 0.5) is 5.82 Å². The summed E-state index contributed by atoms with van der Waals surface area (Å²) in [5.74, 6) is 1.11. The number of aromatic nitrogens is 3. The SMILES string of the molecule is CN1CCN(C(=O)c2cc(NCc3cccnc3)nc(-c3ccccc3)n2)CC1. The molecule has 4 rings (SSSR count). The number of hydrogen-bond acceptors (Lipinski definition) is 6. The summed E-state index contributed by atoms with van der Waals surface area (Å²) < 4.78 is 0. The fraction of sp³-hybridized carbons (Fsp3) is 0.273. The molecule has 1 aliphatic heterocycles. The van der Waals surface area contributed by atoms with E-state index in [2.05, 4.69) is 32.2 Å². The Bertz CT molecular complexity index is 956. The molecule has 29 heavy (non-hydrogen) atoms. The molecule has 1 aliphatic rings. The molecule has 7 nitrogen and oxygen atoms in total. The lowest BCUT2D eigenvalue weighted by atomic mass is 10.2. The minimum Gasteiger partial charge on any atom is -0.366 e. The van der Waals surface area contributed by atoms with E-state index in [4.69, 9.17) is 0 Å². The minimum atomic E-state index is -0.0536. The highest BCUT2D eigenvalue weighted by atomic mass is 16.2. The van der Waals surface area contributed by atoms with Gasteiger partial charge in [-0.1, -0.05) is 36.4 Å². The average Bonchev–Trinajstić information content (AvgIpc) is 2.79. The molecule has 2 aromatic heterocycles. The van der Waals surface area contributed by atoms with Crippen LogP contribution in [-0.4, -0.2) is 63.9 Å². The van der Waals surface area contributed by atoms with Gasteiger partial charge in [-0.25, -0.2) is 9.97 Å². The van der Waals surface area contributed by atoms with Crippen LogP contribution < -0.4 is 5.32 Å². The van der Waals surface area contributed by atoms with Crippen LogP contribution in [0.1, 0.15) is 16.1 Å². The maximum Gasteiger partial charge on any atom is 0.272 e. The standard InChI is InChI=1S/C22H24N6O/c1-27-10-12-28(13-11-27)22(29)19-14-20(24-16-17-6-5-9-23-15-17)26-21(25-19)18-7-3-2-4-8-18/h2-9,14-15H,10-13,16H2,1H3,(H,24,25,26). The minimum absolute atomic E-state index is 0.0536. The molecular formula is C22H24N6O. The number of piperazine rings is 1. The Morgan fingerprint density at radius 2 is 1.83 bits per heavy atom. The monoisotopic (exact) mass is 388 g/mol. The van der Waals surface area contributed by atoms with Crippen molar-refractivity contribution in [1.82, 2.24) is 24.8 Å². The normalized spacial score (nSPS) is 14.6. The first-order valence-electron chi connectivity index (χ1n) is 9.74. The van der Waals surface area contributed by atoms with E-state index in [-0.39, 0.29) is 5.91 Å². The largest absolute Gasteiger partial charge is 0.366 e. The Balaban J connectivity index is 1.62. The molecular weight excluding hydrogens is 364 g/mol. The van der Waals surface area contributed by atoms with Crippen LogP contribution in [0, 0.1) is 0 Å². The molecule has 3 heterocycles. The molecule has 1 fully saturated rings. The molecule has 7 heteroatoms. The van der Waals surface area contributed by atoms with Gasteiger partial charge >= 0.3 is 0 Å². The van der Waals surface area contributed by atoms with Crippen molar-refractivity contribution in [3.63, 3.8) is 0 Å². The molecule has 1 N–H and O–H groups in total. The fourth-order valence-corrected chi connectivity index (χ4v) is 3.23. The number of pyridine rings is 1. The number of carbonyl (C=O) groups is 1. The van der Waals surface area contributed by atoms with Crippen molar-refractivity contribution in [2.75, 3.05) is 38.5 Å². The number of nitrogens with zero attached hydrogens (tertiary/aromatic N) is 5. The van der Waals surface area contributed by atoms with Crippen LogP contribution in [0.25, 0.3) is 11.4 Å². The second-order valence-corrected chi connectivity index (χ2v) is 7.14. The Labute approximate surface area is 170 Å². The Kier molecular flexibility index (Phi) is 5.76. The molecule has 0 bridgehead atoms. The molecule has 1 aromatic carbocycles. The highest BCUT2D eigenvalue weighted by molar-refractivity contribution is 5.93. The van der Waals surface area contributed by atoms with Gasteiger partial charge in [0.1, 0.15) is 11.5 Å². The summed E-state index contributed by atoms with van der Waals surface area (Å²) >= 11 is 0. The smallest absolute Gasteiger partial charge is 0.272 e. The zero-order valence-corrected chi connectivity index (χ0v) is 16.5. The molecule has 1 amide bonds. The van der Waals surface area contributed by atoms with E-state index in [1.807, 2.05) is 53.6 Å². The maximum absolute atomic E-state index is 13.1. The number of hydrogen-bond donors (Lipinski definition) is 1. The van der Waals surface area contributed by atoms with Gasteiger partial charge in [-0.3, -0.25) is 9.78 Å². The number of nitrogens with one attached hydrogen (secondary N) is 1. The van der Waals surface area contributed by atoms with Crippen molar-refractivity contribution < 1.29 is 4.79 Å². The third kappa shape index (κ3) is 4.75. The summed E-state index contributed by atoms with van der Waals surface area (Å²) in [5.41, 5.74) is 2.33. The third-order valence-corrected chi connectivity index (χ3v) is 4.96. The van der Waals surface area contributed by atoms with Gasteiger partial charge in [0.2, 0.25) is 0 Å². The summed E-state index contributed by atoms with van der Waals surface area (Å²) in [5, 5.41) is 3.31. The lowest BCUT2D eigenvalue weighted by Crippen LogP contribution is -2.47. The molecule has 0 aliphatic carbocycles. The first-order valence-corrected chi connectivity index (χ1v) is 9.74. The van der Waals surface area contributed by atoms with Gasteiger partial charge in [0.05, 0.1) is 0 Å². The number of rotatable bonds is 5. The van der Waals surface area contributed by atoms with Crippen LogP contribution in [0.2, 0.25) is 0 Å². The van der Waals surface area contributed by atoms with Gasteiger partial charge in [0.15, 0.2) is 5.82 Å². The average molecular weight is 388 g/mol. The van der Waals surface area contributed by atoms with E-state index in [1.54, 1.807) is 12.3 Å². The van der Waals surface area contributed by atoms with Gasteiger partial charge in [-0.15, -0.1) is 0 Å². The molecule has 3 aromatic rings. The van der Waals surface area contributed by atoms with Crippen LogP contribution in [0.5, 0.6) is 0 Å². The number of carbonyl (C=O) groups excluding carboxylic acids is 1. The Morgan fingerprint density at radius 3 is 2.55 bits per heavy atom. The van der Waals surface area contributed by atoms with Gasteiger partial charge in [0.25, 0.3) is 5.91 Å². The quantitative estimate of drug-likeness (QED) is 0.724. The second-order valence-electron chi connectivity index (χ2n) is 7.14. The summed E-state index contributed by atoms with van der Waals surface area (Å²) in [7, 11) is 2.07. The fourth-order valence-electron chi connectivity index (χ4n) is 3.23. The molecule has 0 radical (unpaired) electrons. The molecule has 0 spiro atoms. The van der Waals surface area contributed by atoms with Crippen molar-refractivity contribution in [1.29, 1.82) is 0 Å². The van der Waals surface area contributed by atoms with Crippen molar-refractivity contribution in [3.05, 3.63) is 72.2 Å². The maximum atomic E-state index is 13.1. The number of likely N-dealkylation sites (N-methyl/N-ethyl adjacent to an activating group) is 1. The van der Waals surface area contributed by atoms with Crippen LogP contribution in [0.3, 0.4) is 0 Å². The Hall–Kier alpha value is -3.32. The molecule has 148 valence electrons. The molecule has 0 saturated carbocycles. The highest BCUT2D eigenvalue weighted by Gasteiger charge is 2.22. The van der Waals surface area contributed by atoms with Gasteiger partial charge in [-0.2, -0.15) is 0 Å². The van der Waals surface area contributed by atoms with Gasteiger partial charge in [-0.05, 0) is 18.7 Å². The van der Waals surface area contributed by atoms with E-state index in [9.17, 15) is 4.79 Å². The van der Waals surface area contributed by atoms with E-state index in [0.717, 1.165) is 24.2 Å². The van der Waals surface area contributed by atoms with Crippen LogP contribution in [0.15, 0.2) is 60.9 Å². The van der Waals surface area contributed by atoms with Gasteiger partial charge in [0, 0.05) is 56.7 Å². The van der Waals surface area contributed by atoms with Crippen LogP contribution >= 0.6 is 0 Å². The zero-order valence-electron chi connectivity index (χ0n) is 16.5. The predicted molar refractivity (Wildman–Crippen MR) is 112 cm³/mol. The highest BCUT2D eigenvalue weighted by Crippen LogP contribution is 2.19. The van der Waals surface area contributed by atoms with Gasteiger partial charge < -0.3 is 15.1 Å². The van der Waals surface area contributed by atoms with Crippen molar-refractivity contribution >= 4 is 11.7 Å². The summed E-state index contributed by atoms with van der Waals surface area (Å²) in [6.45, 7) is 3.72. The van der Waals surface area contributed by atoms with E-state index in [0.29, 0.717) is 37.0 Å². The third-order valence-electron chi connectivity index (χ3n) is 4.96. The summed E-state index contributed by atoms with van der Waals surface area (Å²) in [6.07, 6.45) is 3.55. The molecule has 1 saturated heterocycles. The first kappa shape index (κ1) is 19.0. The van der Waals surface area contributed by atoms with E-state index in [1.165, 1.54) is 0 Å². The lowest BCUT2D eigenvalue weighted by molar-refractivity contribution is 0.0658. The molecule has 0 unspecified atom stereocenters. The number of amides is 1. The zero-order chi connectivity index (χ0) is 20.1. The van der Waals surface area contributed by atoms with Crippen molar-refractivity contribution in [2.45, 2.75) is 6.54 Å². The number of anilines is 1. The van der Waals surface area contributed by atoms with E-state index >= 15 is 0 Å². The first-order chi connectivity index (χ1) is 14.2. The van der Waals surface area contributed by atoms with Crippen molar-refractivity contribution in [3.8, 4) is 11.4 Å². The topological polar surface area (TPSA) is 74.2 Å². The summed E-state index contributed by atoms with van der Waals surface area (Å²) in [6, 6.07) is 15.4. The van der Waals surface area contributed by atoms with Crippen LogP contribution in [-0.2, 0) is 6.54 Å². The number of benzene rings is 1. The molecule has 0 atom stereocenters. The van der Waals surface area contributed by atoms with E-state index < -0.39 is 0 Å². The lowest BCUT2D eigenvalue weighted by Gasteiger charge is -2.32. The van der Waals surface area contributed by atoms with Crippen molar-refractivity contribution in [2.24, 2.45) is 0 Å². The summed E-state index contributed by atoms with van der Waals surface area (Å²) in [4.78, 5) is 30.5.